The average Bonchev–Trinajstić information content (AvgIpc) is 2.40. The molecule has 2 rings (SSSR count). The van der Waals surface area contributed by atoms with Crippen molar-refractivity contribution in [3.63, 3.8) is 0 Å². The minimum atomic E-state index is -0.586. The van der Waals surface area contributed by atoms with Crippen molar-refractivity contribution >= 4 is 5.91 Å². The van der Waals surface area contributed by atoms with Crippen LogP contribution < -0.4 is 5.32 Å². The molecule has 0 bridgehead atoms. The van der Waals surface area contributed by atoms with Gasteiger partial charge in [-0.3, -0.25) is 4.79 Å². The van der Waals surface area contributed by atoms with Crippen molar-refractivity contribution in [2.75, 3.05) is 0 Å². The van der Waals surface area contributed by atoms with Gasteiger partial charge in [-0.15, -0.1) is 0 Å². The van der Waals surface area contributed by atoms with Gasteiger partial charge in [0.25, 0.3) is 5.91 Å². The monoisotopic (exact) mass is 247 g/mol. The Bertz CT molecular complexity index is 561. The first-order valence-corrected chi connectivity index (χ1v) is 5.20. The van der Waals surface area contributed by atoms with Crippen LogP contribution in [0, 0.1) is 5.82 Å². The second kappa shape index (κ2) is 5.22. The molecule has 0 fully saturated rings. The second-order valence-corrected chi connectivity index (χ2v) is 3.56. The summed E-state index contributed by atoms with van der Waals surface area (Å²) in [5.41, 5.74) is 0.459. The number of carbonyl (C=O) groups excluding carboxylic acids is 1. The Morgan fingerprint density at radius 3 is 2.94 bits per heavy atom. The molecule has 0 atom stereocenters. The van der Waals surface area contributed by atoms with Crippen molar-refractivity contribution in [3.05, 3.63) is 53.6 Å². The third kappa shape index (κ3) is 2.79. The minimum absolute atomic E-state index is 0.112. The van der Waals surface area contributed by atoms with Crippen LogP contribution in [0.3, 0.4) is 0 Å². The summed E-state index contributed by atoms with van der Waals surface area (Å²) < 4.78 is 13.0. The molecule has 1 aromatic carbocycles. The summed E-state index contributed by atoms with van der Waals surface area (Å²) in [4.78, 5) is 11.7. The Balaban J connectivity index is 2.06. The SMILES string of the molecule is O=C(NCc1cccnn1)c1cc(F)ccc1O. The molecule has 18 heavy (non-hydrogen) atoms. The Kier molecular flexibility index (Phi) is 3.47. The van der Waals surface area contributed by atoms with Gasteiger partial charge < -0.3 is 10.4 Å². The normalized spacial score (nSPS) is 10.1. The number of halogens is 1. The third-order valence-corrected chi connectivity index (χ3v) is 2.26. The predicted molar refractivity (Wildman–Crippen MR) is 61.3 cm³/mol. The highest BCUT2D eigenvalue weighted by Crippen LogP contribution is 2.17. The molecule has 2 aromatic rings. The van der Waals surface area contributed by atoms with Gasteiger partial charge in [-0.25, -0.2) is 4.39 Å². The zero-order valence-electron chi connectivity index (χ0n) is 9.30. The van der Waals surface area contributed by atoms with Gasteiger partial charge in [-0.1, -0.05) is 0 Å². The van der Waals surface area contributed by atoms with Crippen LogP contribution in [0.2, 0.25) is 0 Å². The lowest BCUT2D eigenvalue weighted by Gasteiger charge is -2.06. The molecule has 92 valence electrons. The van der Waals surface area contributed by atoms with Crippen LogP contribution in [0.1, 0.15) is 16.1 Å². The van der Waals surface area contributed by atoms with Gasteiger partial charge in [0, 0.05) is 6.20 Å². The van der Waals surface area contributed by atoms with Gasteiger partial charge in [0.2, 0.25) is 0 Å². The summed E-state index contributed by atoms with van der Waals surface area (Å²) in [5.74, 6) is -1.43. The zero-order valence-corrected chi connectivity index (χ0v) is 9.30. The first-order valence-electron chi connectivity index (χ1n) is 5.20. The number of carbonyl (C=O) groups is 1. The van der Waals surface area contributed by atoms with Crippen molar-refractivity contribution in [1.82, 2.24) is 15.5 Å². The van der Waals surface area contributed by atoms with E-state index in [1.165, 1.54) is 6.20 Å². The molecule has 0 aliphatic rings. The number of nitrogens with one attached hydrogen (secondary N) is 1. The van der Waals surface area contributed by atoms with Crippen LogP contribution in [0.5, 0.6) is 5.75 Å². The fraction of sp³-hybridized carbons (Fsp3) is 0.0833. The molecule has 1 aromatic heterocycles. The van der Waals surface area contributed by atoms with Crippen molar-refractivity contribution in [1.29, 1.82) is 0 Å². The maximum Gasteiger partial charge on any atom is 0.255 e. The molecule has 0 saturated heterocycles. The van der Waals surface area contributed by atoms with E-state index in [9.17, 15) is 14.3 Å². The molecule has 2 N–H and O–H groups in total. The number of phenols is 1. The molecule has 1 amide bonds. The third-order valence-electron chi connectivity index (χ3n) is 2.26. The largest absolute Gasteiger partial charge is 0.507 e. The quantitative estimate of drug-likeness (QED) is 0.856. The number of aromatic nitrogens is 2. The second-order valence-electron chi connectivity index (χ2n) is 3.56. The highest BCUT2D eigenvalue weighted by atomic mass is 19.1. The fourth-order valence-corrected chi connectivity index (χ4v) is 1.38. The number of phenolic OH excluding ortho intramolecular Hbond substituents is 1. The molecule has 0 radical (unpaired) electrons. The first-order chi connectivity index (χ1) is 8.66. The minimum Gasteiger partial charge on any atom is -0.507 e. The van der Waals surface area contributed by atoms with Crippen molar-refractivity contribution in [2.45, 2.75) is 6.54 Å². The van der Waals surface area contributed by atoms with Gasteiger partial charge in [0.05, 0.1) is 17.8 Å². The van der Waals surface area contributed by atoms with Gasteiger partial charge in [0.15, 0.2) is 0 Å². The van der Waals surface area contributed by atoms with E-state index >= 15 is 0 Å². The van der Waals surface area contributed by atoms with Crippen molar-refractivity contribution in [3.8, 4) is 5.75 Å². The lowest BCUT2D eigenvalue weighted by Crippen LogP contribution is -2.23. The summed E-state index contributed by atoms with van der Waals surface area (Å²) in [6.45, 7) is 0.155. The van der Waals surface area contributed by atoms with E-state index in [2.05, 4.69) is 15.5 Å². The van der Waals surface area contributed by atoms with Crippen LogP contribution >= 0.6 is 0 Å². The van der Waals surface area contributed by atoms with E-state index in [4.69, 9.17) is 0 Å². The Hall–Kier alpha value is -2.50. The van der Waals surface area contributed by atoms with Gasteiger partial charge in [-0.2, -0.15) is 10.2 Å². The number of hydrogen-bond acceptors (Lipinski definition) is 4. The summed E-state index contributed by atoms with van der Waals surface area (Å²) >= 11 is 0. The molecule has 0 saturated carbocycles. The molecular weight excluding hydrogens is 237 g/mol. The van der Waals surface area contributed by atoms with Crippen molar-refractivity contribution < 1.29 is 14.3 Å². The van der Waals surface area contributed by atoms with E-state index < -0.39 is 11.7 Å². The highest BCUT2D eigenvalue weighted by molar-refractivity contribution is 5.96. The first kappa shape index (κ1) is 12.0. The number of nitrogens with zero attached hydrogens (tertiary/aromatic N) is 2. The summed E-state index contributed by atoms with van der Waals surface area (Å²) in [6.07, 6.45) is 1.52. The molecular formula is C12H10FN3O2. The Morgan fingerprint density at radius 2 is 2.22 bits per heavy atom. The molecule has 0 aliphatic carbocycles. The van der Waals surface area contributed by atoms with Crippen LogP contribution in [0.4, 0.5) is 4.39 Å². The van der Waals surface area contributed by atoms with Gasteiger partial charge in [-0.05, 0) is 30.3 Å². The molecule has 0 unspecified atom stereocenters. The van der Waals surface area contributed by atoms with E-state index in [0.29, 0.717) is 5.69 Å². The summed E-state index contributed by atoms with van der Waals surface area (Å²) in [5, 5.41) is 19.4. The van der Waals surface area contributed by atoms with Crippen LogP contribution in [0.25, 0.3) is 0 Å². The lowest BCUT2D eigenvalue weighted by atomic mass is 10.2. The van der Waals surface area contributed by atoms with Gasteiger partial charge in [0.1, 0.15) is 11.6 Å². The van der Waals surface area contributed by atoms with Gasteiger partial charge >= 0.3 is 0 Å². The van der Waals surface area contributed by atoms with E-state index in [1.807, 2.05) is 0 Å². The molecule has 0 aliphatic heterocycles. The van der Waals surface area contributed by atoms with Crippen LogP contribution in [-0.4, -0.2) is 21.2 Å². The van der Waals surface area contributed by atoms with E-state index in [-0.39, 0.29) is 17.9 Å². The lowest BCUT2D eigenvalue weighted by molar-refractivity contribution is 0.0947. The summed E-state index contributed by atoms with van der Waals surface area (Å²) in [6, 6.07) is 6.57. The molecule has 1 heterocycles. The van der Waals surface area contributed by atoms with E-state index in [1.54, 1.807) is 12.1 Å². The van der Waals surface area contributed by atoms with Crippen molar-refractivity contribution in [2.24, 2.45) is 0 Å². The summed E-state index contributed by atoms with van der Waals surface area (Å²) in [7, 11) is 0. The molecule has 6 heteroatoms. The molecule has 0 spiro atoms. The fourth-order valence-electron chi connectivity index (χ4n) is 1.38. The Morgan fingerprint density at radius 1 is 1.39 bits per heavy atom. The maximum absolute atomic E-state index is 13.0. The topological polar surface area (TPSA) is 75.1 Å². The number of benzene rings is 1. The number of aromatic hydroxyl groups is 1. The smallest absolute Gasteiger partial charge is 0.255 e. The standard InChI is InChI=1S/C12H10FN3O2/c13-8-3-4-11(17)10(6-8)12(18)14-7-9-2-1-5-15-16-9/h1-6,17H,7H2,(H,14,18). The molecule has 5 nitrogen and oxygen atoms in total. The number of hydrogen-bond donors (Lipinski definition) is 2. The van der Waals surface area contributed by atoms with Crippen LogP contribution in [0.15, 0.2) is 36.5 Å². The number of amides is 1. The predicted octanol–water partition coefficient (Wildman–Crippen LogP) is 1.25. The van der Waals surface area contributed by atoms with E-state index in [0.717, 1.165) is 18.2 Å². The Labute approximate surface area is 102 Å². The maximum atomic E-state index is 13.0. The highest BCUT2D eigenvalue weighted by Gasteiger charge is 2.11. The number of rotatable bonds is 3. The van der Waals surface area contributed by atoms with Crippen LogP contribution in [-0.2, 0) is 6.54 Å². The average molecular weight is 247 g/mol. The zero-order chi connectivity index (χ0) is 13.0.